The van der Waals surface area contributed by atoms with Crippen LogP contribution in [0.2, 0.25) is 0 Å². The van der Waals surface area contributed by atoms with E-state index in [-0.39, 0.29) is 25.7 Å². The van der Waals surface area contributed by atoms with Gasteiger partial charge in [0.2, 0.25) is 29.4 Å². The van der Waals surface area contributed by atoms with Gasteiger partial charge < -0.3 is 27.0 Å². The van der Waals surface area contributed by atoms with E-state index in [4.69, 9.17) is 5.73 Å². The number of ketones is 1. The fourth-order valence-corrected chi connectivity index (χ4v) is 6.98. The van der Waals surface area contributed by atoms with Gasteiger partial charge in [0, 0.05) is 18.8 Å². The van der Waals surface area contributed by atoms with Crippen LogP contribution in [0, 0.1) is 5.82 Å². The van der Waals surface area contributed by atoms with E-state index in [0.29, 0.717) is 5.56 Å². The predicted molar refractivity (Wildman–Crippen MR) is 216 cm³/mol. The van der Waals surface area contributed by atoms with Gasteiger partial charge in [-0.25, -0.2) is 4.39 Å². The van der Waals surface area contributed by atoms with Crippen LogP contribution in [-0.2, 0) is 48.0 Å². The monoisotopic (exact) mass is 781 g/mol. The van der Waals surface area contributed by atoms with Crippen LogP contribution in [0.3, 0.4) is 0 Å². The molecule has 0 radical (unpaired) electrons. The van der Waals surface area contributed by atoms with E-state index in [2.05, 4.69) is 21.3 Å². The molecule has 0 spiro atoms. The molecule has 12 heteroatoms. The highest BCUT2D eigenvalue weighted by atomic mass is 19.1. The number of nitrogens with two attached hydrogens (primary N) is 1. The Kier molecular flexibility index (Phi) is 12.9. The van der Waals surface area contributed by atoms with Gasteiger partial charge in [-0.3, -0.25) is 28.8 Å². The number of amides is 5. The van der Waals surface area contributed by atoms with Gasteiger partial charge in [0.25, 0.3) is 5.91 Å². The topological polar surface area (TPSA) is 177 Å². The Bertz CT molecular complexity index is 2270. The van der Waals surface area contributed by atoms with Gasteiger partial charge in [-0.2, -0.15) is 0 Å². The van der Waals surface area contributed by atoms with Crippen molar-refractivity contribution in [2.45, 2.75) is 62.2 Å². The van der Waals surface area contributed by atoms with Gasteiger partial charge in [0.05, 0.1) is 12.5 Å². The number of benzene rings is 5. The predicted octanol–water partition coefficient (Wildman–Crippen LogP) is 4.09. The molecule has 296 valence electrons. The third-order valence-electron chi connectivity index (χ3n) is 10.2. The molecule has 11 nitrogen and oxygen atoms in total. The molecule has 5 aromatic carbocycles. The third-order valence-corrected chi connectivity index (χ3v) is 10.2. The SMILES string of the molecule is CC(NC(=O)[C@H](Cc1ccccc1)NC(=O)Cc1ccccc1)C(=O)C(=O)N[C@@H](Cc1cccc(F)c1)C(=O)NC1(C(N)=O)C[C@H]1c1ccc(-c2ccccc2)cc1. The molecule has 0 saturated heterocycles. The minimum absolute atomic E-state index is 0.0173. The van der Waals surface area contributed by atoms with E-state index in [1.54, 1.807) is 54.6 Å². The highest BCUT2D eigenvalue weighted by Crippen LogP contribution is 2.51. The first kappa shape index (κ1) is 40.7. The van der Waals surface area contributed by atoms with Gasteiger partial charge in [-0.1, -0.05) is 127 Å². The highest BCUT2D eigenvalue weighted by Gasteiger charge is 2.61. The summed E-state index contributed by atoms with van der Waals surface area (Å²) >= 11 is 0. The Balaban J connectivity index is 1.14. The van der Waals surface area contributed by atoms with Gasteiger partial charge in [-0.15, -0.1) is 0 Å². The maximum Gasteiger partial charge on any atom is 0.290 e. The maximum atomic E-state index is 14.2. The Morgan fingerprint density at radius 2 is 1.21 bits per heavy atom. The van der Waals surface area contributed by atoms with Crippen LogP contribution in [-0.4, -0.2) is 59.0 Å². The fourth-order valence-electron chi connectivity index (χ4n) is 6.98. The van der Waals surface area contributed by atoms with Crippen molar-refractivity contribution in [3.8, 4) is 11.1 Å². The molecule has 5 atom stereocenters. The summed E-state index contributed by atoms with van der Waals surface area (Å²) < 4.78 is 14.2. The second-order valence-electron chi connectivity index (χ2n) is 14.5. The molecule has 0 aromatic heterocycles. The first-order chi connectivity index (χ1) is 27.9. The maximum absolute atomic E-state index is 14.2. The number of Topliss-reactive ketones (excluding diaryl/α,β-unsaturated/α-hetero) is 1. The molecule has 5 aromatic rings. The zero-order valence-electron chi connectivity index (χ0n) is 31.8. The number of rotatable bonds is 17. The summed E-state index contributed by atoms with van der Waals surface area (Å²) in [5, 5.41) is 10.5. The van der Waals surface area contributed by atoms with Gasteiger partial charge in [-0.05, 0) is 58.9 Å². The van der Waals surface area contributed by atoms with Crippen molar-refractivity contribution in [3.63, 3.8) is 0 Å². The number of carbonyl (C=O) groups excluding carboxylic acids is 6. The van der Waals surface area contributed by atoms with E-state index < -0.39 is 70.7 Å². The van der Waals surface area contributed by atoms with Crippen LogP contribution < -0.4 is 27.0 Å². The summed E-state index contributed by atoms with van der Waals surface area (Å²) in [6.45, 7) is 1.31. The number of nitrogens with one attached hydrogen (secondary N) is 4. The number of hydrogen-bond donors (Lipinski definition) is 5. The zero-order valence-corrected chi connectivity index (χ0v) is 31.8. The molecule has 0 aliphatic heterocycles. The Morgan fingerprint density at radius 1 is 0.655 bits per heavy atom. The summed E-state index contributed by atoms with van der Waals surface area (Å²) in [6.07, 6.45) is 0.0913. The summed E-state index contributed by atoms with van der Waals surface area (Å²) in [4.78, 5) is 80.5. The molecule has 1 saturated carbocycles. The van der Waals surface area contributed by atoms with Crippen LogP contribution in [0.4, 0.5) is 4.39 Å². The lowest BCUT2D eigenvalue weighted by Crippen LogP contribution is -2.58. The van der Waals surface area contributed by atoms with Crippen molar-refractivity contribution in [2.75, 3.05) is 0 Å². The van der Waals surface area contributed by atoms with E-state index in [1.807, 2.05) is 66.7 Å². The number of carbonyl (C=O) groups is 6. The molecule has 6 rings (SSSR count). The fraction of sp³-hybridized carbons (Fsp3) is 0.217. The minimum Gasteiger partial charge on any atom is -0.368 e. The second kappa shape index (κ2) is 18.3. The van der Waals surface area contributed by atoms with Crippen molar-refractivity contribution in [1.82, 2.24) is 21.3 Å². The lowest BCUT2D eigenvalue weighted by atomic mass is 9.99. The molecule has 1 fully saturated rings. The average molecular weight is 782 g/mol. The van der Waals surface area contributed by atoms with Crippen molar-refractivity contribution in [1.29, 1.82) is 0 Å². The van der Waals surface area contributed by atoms with Gasteiger partial charge in [0.15, 0.2) is 0 Å². The van der Waals surface area contributed by atoms with Gasteiger partial charge in [0.1, 0.15) is 23.4 Å². The molecule has 0 bridgehead atoms. The summed E-state index contributed by atoms with van der Waals surface area (Å²) in [5.41, 5.74) is 8.97. The molecule has 2 unspecified atom stereocenters. The second-order valence-corrected chi connectivity index (χ2v) is 14.5. The first-order valence-corrected chi connectivity index (χ1v) is 19.0. The standard InChI is InChI=1S/C46H44FN5O6/c1-29(49-42(55)38(25-30-12-5-2-6-13-30)50-40(53)27-31-14-7-3-8-15-31)41(54)44(57)51-39(26-32-16-11-19-36(47)24-32)43(56)52-46(45(48)58)28-37(46)35-22-20-34(21-23-35)33-17-9-4-10-18-33/h2-24,29,37-39H,25-28H2,1H3,(H2,48,58)(H,49,55)(H,50,53)(H,51,57)(H,52,56)/t29?,37-,38-,39-,46?/m0/s1. The van der Waals surface area contributed by atoms with Crippen LogP contribution in [0.5, 0.6) is 0 Å². The van der Waals surface area contributed by atoms with Gasteiger partial charge >= 0.3 is 0 Å². The molecular weight excluding hydrogens is 738 g/mol. The van der Waals surface area contributed by atoms with Crippen LogP contribution in [0.1, 0.15) is 41.5 Å². The molecule has 58 heavy (non-hydrogen) atoms. The first-order valence-electron chi connectivity index (χ1n) is 19.0. The summed E-state index contributed by atoms with van der Waals surface area (Å²) in [7, 11) is 0. The number of primary amides is 1. The van der Waals surface area contributed by atoms with E-state index in [9.17, 15) is 33.2 Å². The lowest BCUT2D eigenvalue weighted by molar-refractivity contribution is -0.141. The number of halogens is 1. The third kappa shape index (κ3) is 10.3. The summed E-state index contributed by atoms with van der Waals surface area (Å²) in [5.74, 6) is -6.02. The Morgan fingerprint density at radius 3 is 1.83 bits per heavy atom. The van der Waals surface area contributed by atoms with E-state index >= 15 is 0 Å². The van der Waals surface area contributed by atoms with E-state index in [1.165, 1.54) is 25.1 Å². The molecule has 0 heterocycles. The molecule has 5 amide bonds. The largest absolute Gasteiger partial charge is 0.368 e. The molecule has 1 aliphatic rings. The highest BCUT2D eigenvalue weighted by molar-refractivity contribution is 6.38. The molecule has 6 N–H and O–H groups in total. The van der Waals surface area contributed by atoms with E-state index in [0.717, 1.165) is 27.8 Å². The summed E-state index contributed by atoms with van der Waals surface area (Å²) in [6, 6.07) is 36.8. The Labute approximate surface area is 335 Å². The van der Waals surface area contributed by atoms with Crippen molar-refractivity contribution < 1.29 is 33.2 Å². The molecule has 1 aliphatic carbocycles. The van der Waals surface area contributed by atoms with Crippen LogP contribution >= 0.6 is 0 Å². The zero-order chi connectivity index (χ0) is 41.2. The number of hydrogen-bond acceptors (Lipinski definition) is 6. The van der Waals surface area contributed by atoms with Crippen molar-refractivity contribution >= 4 is 35.3 Å². The van der Waals surface area contributed by atoms with Crippen molar-refractivity contribution in [3.05, 3.63) is 168 Å². The van der Waals surface area contributed by atoms with Crippen LogP contribution in [0.15, 0.2) is 140 Å². The van der Waals surface area contributed by atoms with Crippen molar-refractivity contribution in [2.24, 2.45) is 5.73 Å². The quantitative estimate of drug-likeness (QED) is 0.0889. The average Bonchev–Trinajstić information content (AvgIpc) is 3.96. The normalized spacial score (nSPS) is 17.1. The lowest BCUT2D eigenvalue weighted by Gasteiger charge is -2.24. The minimum atomic E-state index is -1.47. The smallest absolute Gasteiger partial charge is 0.290 e. The Hall–Kier alpha value is -6.95. The molecular formula is C46H44FN5O6. The van der Waals surface area contributed by atoms with Crippen LogP contribution in [0.25, 0.3) is 11.1 Å².